The Bertz CT molecular complexity index is 1270. The number of H-pyrrole nitrogens is 2. The van der Waals surface area contributed by atoms with Gasteiger partial charge in [0.05, 0.1) is 22.8 Å². The number of hydrogen-bond donors (Lipinski definition) is 4. The van der Waals surface area contributed by atoms with Gasteiger partial charge in [0.15, 0.2) is 0 Å². The normalized spacial score (nSPS) is 13.0. The first-order chi connectivity index (χ1) is 15.4. The van der Waals surface area contributed by atoms with Crippen molar-refractivity contribution >= 4 is 52.3 Å². The number of carboxylic acids is 1. The van der Waals surface area contributed by atoms with Crippen molar-refractivity contribution in [1.29, 1.82) is 0 Å². The van der Waals surface area contributed by atoms with E-state index in [1.807, 2.05) is 42.5 Å². The second kappa shape index (κ2) is 9.03. The zero-order valence-corrected chi connectivity index (χ0v) is 17.9. The Morgan fingerprint density at radius 1 is 0.750 bits per heavy atom. The highest BCUT2D eigenvalue weighted by Crippen LogP contribution is 2.17. The van der Waals surface area contributed by atoms with Crippen LogP contribution in [-0.4, -0.2) is 37.1 Å². The van der Waals surface area contributed by atoms with Crippen molar-refractivity contribution in [2.75, 3.05) is 0 Å². The molecule has 0 aliphatic carbocycles. The molecule has 0 radical (unpaired) electrons. The first-order valence-electron chi connectivity index (χ1n) is 10.4. The van der Waals surface area contributed by atoms with Gasteiger partial charge in [-0.15, -0.1) is 0 Å². The van der Waals surface area contributed by atoms with E-state index >= 15 is 0 Å². The highest BCUT2D eigenvalue weighted by atomic mass is 16.4. The highest BCUT2D eigenvalue weighted by Gasteiger charge is 2.14. The Labute approximate surface area is 185 Å². The third-order valence-corrected chi connectivity index (χ3v) is 5.05. The number of hydrogen-bond acceptors (Lipinski definition) is 4. The number of nitrogens with one attached hydrogen (secondary N) is 2. The molecule has 2 aliphatic rings. The molecule has 32 heavy (non-hydrogen) atoms. The van der Waals surface area contributed by atoms with Gasteiger partial charge in [-0.3, -0.25) is 4.79 Å². The molecule has 0 fully saturated rings. The zero-order valence-electron chi connectivity index (χ0n) is 17.9. The van der Waals surface area contributed by atoms with Gasteiger partial charge in [0.25, 0.3) is 0 Å². The predicted octanol–water partition coefficient (Wildman–Crippen LogP) is 4.71. The number of aromatic nitrogens is 4. The first-order valence-corrected chi connectivity index (χ1v) is 10.4. The zero-order chi connectivity index (χ0) is 22.7. The van der Waals surface area contributed by atoms with Crippen molar-refractivity contribution in [2.45, 2.75) is 19.9 Å². The number of nitrogens with two attached hydrogens (primary N) is 1. The Morgan fingerprint density at radius 3 is 1.47 bits per heavy atom. The van der Waals surface area contributed by atoms with Crippen LogP contribution in [0.15, 0.2) is 48.5 Å². The summed E-state index contributed by atoms with van der Waals surface area (Å²) in [6.07, 6.45) is 8.05. The lowest BCUT2D eigenvalue weighted by Crippen LogP contribution is -2.34. The number of carbonyl (C=O) groups is 1. The van der Waals surface area contributed by atoms with Crippen molar-refractivity contribution in [2.24, 2.45) is 11.7 Å². The summed E-state index contributed by atoms with van der Waals surface area (Å²) < 4.78 is 0. The Morgan fingerprint density at radius 2 is 1.12 bits per heavy atom. The van der Waals surface area contributed by atoms with E-state index in [-0.39, 0.29) is 5.92 Å². The summed E-state index contributed by atoms with van der Waals surface area (Å²) >= 11 is 0. The molecule has 0 saturated carbocycles. The molecule has 5 rings (SSSR count). The van der Waals surface area contributed by atoms with E-state index in [0.29, 0.717) is 0 Å². The summed E-state index contributed by atoms with van der Waals surface area (Å²) in [4.78, 5) is 26.0. The van der Waals surface area contributed by atoms with Crippen LogP contribution < -0.4 is 5.73 Å². The van der Waals surface area contributed by atoms with Crippen molar-refractivity contribution in [3.8, 4) is 0 Å². The number of fused-ring (bicyclic) bond motifs is 8. The van der Waals surface area contributed by atoms with Crippen molar-refractivity contribution in [3.63, 3.8) is 0 Å². The Hall–Kier alpha value is -3.97. The van der Waals surface area contributed by atoms with E-state index in [1.54, 1.807) is 13.8 Å². The summed E-state index contributed by atoms with van der Waals surface area (Å²) in [6.45, 7) is 3.55. The molecule has 2 aliphatic heterocycles. The third kappa shape index (κ3) is 5.19. The molecular formula is C25H25N5O2. The van der Waals surface area contributed by atoms with E-state index in [4.69, 9.17) is 10.8 Å². The fraction of sp³-hybridized carbons (Fsp3) is 0.160. The summed E-state index contributed by atoms with van der Waals surface area (Å²) in [5, 5.41) is 8.23. The van der Waals surface area contributed by atoms with E-state index in [9.17, 15) is 4.79 Å². The average molecular weight is 428 g/mol. The van der Waals surface area contributed by atoms with E-state index < -0.39 is 12.0 Å². The van der Waals surface area contributed by atoms with Crippen LogP contribution in [0.1, 0.15) is 36.6 Å². The van der Waals surface area contributed by atoms with Crippen LogP contribution in [0.2, 0.25) is 0 Å². The molecule has 3 aromatic rings. The Balaban J connectivity index is 0.000000265. The SMILES string of the molecule is C1=Cc2cc3ccc(cc4ccc(cc5nc(cc1n2)C=C5)[nH]4)[nH]3.CC(C)[C@H](N)C(=O)O. The molecule has 3 aromatic heterocycles. The molecule has 0 unspecified atom stereocenters. The molecule has 162 valence electrons. The molecule has 0 spiro atoms. The van der Waals surface area contributed by atoms with Gasteiger partial charge in [-0.05, 0) is 78.8 Å². The summed E-state index contributed by atoms with van der Waals surface area (Å²) in [6, 6.07) is 15.7. The minimum absolute atomic E-state index is 0.0208. The largest absolute Gasteiger partial charge is 0.480 e. The fourth-order valence-electron chi connectivity index (χ4n) is 3.23. The minimum atomic E-state index is -0.931. The summed E-state index contributed by atoms with van der Waals surface area (Å²) in [5.41, 5.74) is 13.0. The van der Waals surface area contributed by atoms with Crippen molar-refractivity contribution in [1.82, 2.24) is 19.9 Å². The number of carboxylic acid groups (broad SMARTS) is 1. The van der Waals surface area contributed by atoms with Gasteiger partial charge in [0.1, 0.15) is 6.04 Å². The van der Waals surface area contributed by atoms with Gasteiger partial charge < -0.3 is 20.8 Å². The van der Waals surface area contributed by atoms with Crippen LogP contribution >= 0.6 is 0 Å². The lowest BCUT2D eigenvalue weighted by Gasteiger charge is -2.07. The summed E-state index contributed by atoms with van der Waals surface area (Å²) in [5.74, 6) is -0.910. The van der Waals surface area contributed by atoms with Crippen molar-refractivity contribution < 1.29 is 9.90 Å². The second-order valence-corrected chi connectivity index (χ2v) is 8.01. The number of aromatic amines is 2. The van der Waals surface area contributed by atoms with E-state index in [2.05, 4.69) is 50.3 Å². The molecule has 0 saturated heterocycles. The number of rotatable bonds is 2. The lowest BCUT2D eigenvalue weighted by molar-refractivity contribution is -0.139. The molecule has 5 heterocycles. The van der Waals surface area contributed by atoms with Crippen molar-refractivity contribution in [3.05, 3.63) is 71.3 Å². The van der Waals surface area contributed by atoms with Crippen LogP contribution in [0.3, 0.4) is 0 Å². The molecule has 7 nitrogen and oxygen atoms in total. The molecule has 1 atom stereocenters. The van der Waals surface area contributed by atoms with E-state index in [1.165, 1.54) is 0 Å². The minimum Gasteiger partial charge on any atom is -0.480 e. The standard InChI is InChI=1S/C20H14N4.C5H11NO2/c1-2-14-10-16-5-6-18(23-16)12-20-8-7-19(24-20)11-17-4-3-15(22-17)9-13(1)21-14;1-3(2)4(6)5(7)8/h1-12,21-22H;3-4H,6H2,1-2H3,(H,7,8)/t;4-/m.0/s1. The maximum atomic E-state index is 10.0. The van der Waals surface area contributed by atoms with Gasteiger partial charge in [-0.2, -0.15) is 0 Å². The molecule has 0 aromatic carbocycles. The maximum Gasteiger partial charge on any atom is 0.320 e. The quantitative estimate of drug-likeness (QED) is 0.325. The molecule has 7 heteroatoms. The van der Waals surface area contributed by atoms with Crippen LogP contribution in [0, 0.1) is 5.92 Å². The van der Waals surface area contributed by atoms with Gasteiger partial charge in [0.2, 0.25) is 0 Å². The molecule has 8 bridgehead atoms. The second-order valence-electron chi connectivity index (χ2n) is 8.01. The fourth-order valence-corrected chi connectivity index (χ4v) is 3.23. The van der Waals surface area contributed by atoms with Gasteiger partial charge in [0, 0.05) is 22.1 Å². The topological polar surface area (TPSA) is 121 Å². The van der Waals surface area contributed by atoms with Gasteiger partial charge >= 0.3 is 5.97 Å². The van der Waals surface area contributed by atoms with Gasteiger partial charge in [-0.1, -0.05) is 13.8 Å². The first kappa shape index (κ1) is 21.3. The maximum absolute atomic E-state index is 10.0. The molecular weight excluding hydrogens is 402 g/mol. The average Bonchev–Trinajstić information content (AvgIpc) is 3.53. The van der Waals surface area contributed by atoms with Crippen LogP contribution in [0.25, 0.3) is 46.4 Å². The van der Waals surface area contributed by atoms with Crippen LogP contribution in [0.4, 0.5) is 0 Å². The Kier molecular flexibility index (Phi) is 6.00. The smallest absolute Gasteiger partial charge is 0.320 e. The third-order valence-electron chi connectivity index (χ3n) is 5.05. The van der Waals surface area contributed by atoms with Crippen LogP contribution in [0.5, 0.6) is 0 Å². The number of nitrogens with zero attached hydrogens (tertiary/aromatic N) is 2. The molecule has 5 N–H and O–H groups in total. The van der Waals surface area contributed by atoms with E-state index in [0.717, 1.165) is 44.8 Å². The summed E-state index contributed by atoms with van der Waals surface area (Å²) in [7, 11) is 0. The van der Waals surface area contributed by atoms with Gasteiger partial charge in [-0.25, -0.2) is 9.97 Å². The monoisotopic (exact) mass is 427 g/mol. The lowest BCUT2D eigenvalue weighted by atomic mass is 10.1. The number of aliphatic carboxylic acids is 1. The highest BCUT2D eigenvalue weighted by molar-refractivity contribution is 5.77. The van der Waals surface area contributed by atoms with Crippen LogP contribution in [-0.2, 0) is 4.79 Å². The predicted molar refractivity (Wildman–Crippen MR) is 129 cm³/mol. The molecule has 0 amide bonds.